The SMILES string of the molecule is CC1CC(C(=O)NC2CC(=O)N(C)C2=O)CCN1. The Morgan fingerprint density at radius 1 is 1.44 bits per heavy atom. The van der Waals surface area contributed by atoms with Crippen LogP contribution in [0.4, 0.5) is 0 Å². The molecule has 2 rings (SSSR count). The van der Waals surface area contributed by atoms with Crippen molar-refractivity contribution in [2.45, 2.75) is 38.3 Å². The second kappa shape index (κ2) is 5.06. The van der Waals surface area contributed by atoms with Crippen LogP contribution >= 0.6 is 0 Å². The van der Waals surface area contributed by atoms with E-state index in [2.05, 4.69) is 10.6 Å². The molecule has 2 fully saturated rings. The highest BCUT2D eigenvalue weighted by Crippen LogP contribution is 2.18. The number of carbonyl (C=O) groups excluding carboxylic acids is 3. The number of hydrogen-bond donors (Lipinski definition) is 2. The molecule has 2 heterocycles. The topological polar surface area (TPSA) is 78.5 Å². The predicted octanol–water partition coefficient (Wildman–Crippen LogP) is -0.752. The van der Waals surface area contributed by atoms with Gasteiger partial charge in [-0.3, -0.25) is 19.3 Å². The molecule has 0 bridgehead atoms. The highest BCUT2D eigenvalue weighted by molar-refractivity contribution is 6.06. The van der Waals surface area contributed by atoms with Gasteiger partial charge in [0.2, 0.25) is 11.8 Å². The number of likely N-dealkylation sites (N-methyl/N-ethyl adjacent to an activating group) is 1. The lowest BCUT2D eigenvalue weighted by Crippen LogP contribution is -2.47. The zero-order valence-electron chi connectivity index (χ0n) is 10.7. The number of piperidine rings is 1. The van der Waals surface area contributed by atoms with Crippen molar-refractivity contribution in [1.29, 1.82) is 0 Å². The molecule has 100 valence electrons. The Balaban J connectivity index is 1.91. The van der Waals surface area contributed by atoms with Gasteiger partial charge < -0.3 is 10.6 Å². The van der Waals surface area contributed by atoms with E-state index in [1.165, 1.54) is 7.05 Å². The third-order valence-electron chi connectivity index (χ3n) is 3.69. The highest BCUT2D eigenvalue weighted by Gasteiger charge is 2.38. The maximum absolute atomic E-state index is 12.0. The van der Waals surface area contributed by atoms with E-state index in [4.69, 9.17) is 0 Å². The molecule has 0 aromatic heterocycles. The molecule has 0 radical (unpaired) electrons. The molecular formula is C12H19N3O3. The van der Waals surface area contributed by atoms with Gasteiger partial charge in [-0.2, -0.15) is 0 Å². The summed E-state index contributed by atoms with van der Waals surface area (Å²) in [4.78, 5) is 36.1. The number of carbonyl (C=O) groups is 3. The van der Waals surface area contributed by atoms with Crippen molar-refractivity contribution >= 4 is 17.7 Å². The lowest BCUT2D eigenvalue weighted by Gasteiger charge is -2.27. The second-order valence-corrected chi connectivity index (χ2v) is 5.13. The zero-order chi connectivity index (χ0) is 13.3. The van der Waals surface area contributed by atoms with Crippen LogP contribution in [-0.4, -0.2) is 48.3 Å². The standard InChI is InChI=1S/C12H19N3O3/c1-7-5-8(3-4-13-7)11(17)14-9-6-10(16)15(2)12(9)18/h7-9,13H,3-6H2,1-2H3,(H,14,17). The molecule has 2 saturated heterocycles. The Morgan fingerprint density at radius 2 is 2.17 bits per heavy atom. The van der Waals surface area contributed by atoms with Crippen molar-refractivity contribution in [2.75, 3.05) is 13.6 Å². The Morgan fingerprint density at radius 3 is 2.72 bits per heavy atom. The maximum Gasteiger partial charge on any atom is 0.252 e. The quantitative estimate of drug-likeness (QED) is 0.635. The fourth-order valence-corrected chi connectivity index (χ4v) is 2.53. The van der Waals surface area contributed by atoms with Gasteiger partial charge in [0, 0.05) is 19.0 Å². The van der Waals surface area contributed by atoms with Crippen LogP contribution in [0.25, 0.3) is 0 Å². The van der Waals surface area contributed by atoms with Crippen LogP contribution in [0.3, 0.4) is 0 Å². The minimum Gasteiger partial charge on any atom is -0.344 e. The first kappa shape index (κ1) is 13.0. The van der Waals surface area contributed by atoms with Crippen LogP contribution in [0, 0.1) is 5.92 Å². The van der Waals surface area contributed by atoms with Crippen molar-refractivity contribution < 1.29 is 14.4 Å². The summed E-state index contributed by atoms with van der Waals surface area (Å²) in [6.45, 7) is 2.86. The van der Waals surface area contributed by atoms with Crippen LogP contribution in [0.1, 0.15) is 26.2 Å². The largest absolute Gasteiger partial charge is 0.344 e. The number of rotatable bonds is 2. The average Bonchev–Trinajstić information content (AvgIpc) is 2.57. The van der Waals surface area contributed by atoms with Crippen molar-refractivity contribution in [3.63, 3.8) is 0 Å². The fourth-order valence-electron chi connectivity index (χ4n) is 2.53. The highest BCUT2D eigenvalue weighted by atomic mass is 16.2. The number of imide groups is 1. The van der Waals surface area contributed by atoms with E-state index in [9.17, 15) is 14.4 Å². The minimum absolute atomic E-state index is 0.0601. The van der Waals surface area contributed by atoms with E-state index in [-0.39, 0.29) is 30.1 Å². The van der Waals surface area contributed by atoms with E-state index >= 15 is 0 Å². The number of nitrogens with one attached hydrogen (secondary N) is 2. The molecule has 0 spiro atoms. The molecule has 2 aliphatic heterocycles. The molecule has 0 aliphatic carbocycles. The third-order valence-corrected chi connectivity index (χ3v) is 3.69. The Hall–Kier alpha value is -1.43. The minimum atomic E-state index is -0.666. The molecule has 3 unspecified atom stereocenters. The summed E-state index contributed by atoms with van der Waals surface area (Å²) in [6.07, 6.45) is 1.64. The molecule has 3 amide bonds. The molecule has 2 aliphatic rings. The smallest absolute Gasteiger partial charge is 0.252 e. The van der Waals surface area contributed by atoms with Crippen molar-refractivity contribution in [3.05, 3.63) is 0 Å². The molecule has 3 atom stereocenters. The summed E-state index contributed by atoms with van der Waals surface area (Å²) >= 11 is 0. The summed E-state index contributed by atoms with van der Waals surface area (Å²) in [5.74, 6) is -0.709. The van der Waals surface area contributed by atoms with Gasteiger partial charge in [-0.15, -0.1) is 0 Å². The van der Waals surface area contributed by atoms with Gasteiger partial charge in [-0.05, 0) is 26.3 Å². The van der Waals surface area contributed by atoms with Gasteiger partial charge >= 0.3 is 0 Å². The molecule has 6 nitrogen and oxygen atoms in total. The van der Waals surface area contributed by atoms with Crippen molar-refractivity contribution in [1.82, 2.24) is 15.5 Å². The first-order valence-corrected chi connectivity index (χ1v) is 6.33. The fraction of sp³-hybridized carbons (Fsp3) is 0.750. The van der Waals surface area contributed by atoms with Gasteiger partial charge in [-0.1, -0.05) is 0 Å². The molecule has 0 aromatic rings. The number of amides is 3. The van der Waals surface area contributed by atoms with Gasteiger partial charge in [0.1, 0.15) is 6.04 Å². The Bertz CT molecular complexity index is 383. The molecule has 18 heavy (non-hydrogen) atoms. The van der Waals surface area contributed by atoms with Crippen LogP contribution in [-0.2, 0) is 14.4 Å². The van der Waals surface area contributed by atoms with Gasteiger partial charge in [0.05, 0.1) is 6.42 Å². The molecule has 0 aromatic carbocycles. The predicted molar refractivity (Wildman–Crippen MR) is 64.5 cm³/mol. The summed E-state index contributed by atoms with van der Waals surface area (Å²) in [5.41, 5.74) is 0. The van der Waals surface area contributed by atoms with Gasteiger partial charge in [0.25, 0.3) is 5.91 Å². The van der Waals surface area contributed by atoms with Crippen molar-refractivity contribution in [3.8, 4) is 0 Å². The summed E-state index contributed by atoms with van der Waals surface area (Å²) in [5, 5.41) is 5.98. The number of hydrogen-bond acceptors (Lipinski definition) is 4. The van der Waals surface area contributed by atoms with Crippen LogP contribution in [0.15, 0.2) is 0 Å². The third kappa shape index (κ3) is 2.53. The number of nitrogens with zero attached hydrogens (tertiary/aromatic N) is 1. The summed E-state index contributed by atoms with van der Waals surface area (Å²) in [7, 11) is 1.45. The maximum atomic E-state index is 12.0. The average molecular weight is 253 g/mol. The molecular weight excluding hydrogens is 234 g/mol. The van der Waals surface area contributed by atoms with Crippen LogP contribution in [0.5, 0.6) is 0 Å². The normalized spacial score (nSPS) is 32.8. The summed E-state index contributed by atoms with van der Waals surface area (Å²) < 4.78 is 0. The van der Waals surface area contributed by atoms with E-state index < -0.39 is 6.04 Å². The van der Waals surface area contributed by atoms with Crippen LogP contribution < -0.4 is 10.6 Å². The Kier molecular flexibility index (Phi) is 3.65. The molecule has 0 saturated carbocycles. The van der Waals surface area contributed by atoms with E-state index in [1.807, 2.05) is 6.92 Å². The van der Waals surface area contributed by atoms with Gasteiger partial charge in [0.15, 0.2) is 0 Å². The summed E-state index contributed by atoms with van der Waals surface area (Å²) in [6, 6.07) is -0.349. The monoisotopic (exact) mass is 253 g/mol. The second-order valence-electron chi connectivity index (χ2n) is 5.13. The first-order valence-electron chi connectivity index (χ1n) is 6.33. The molecule has 6 heteroatoms. The zero-order valence-corrected chi connectivity index (χ0v) is 10.7. The van der Waals surface area contributed by atoms with Crippen LogP contribution in [0.2, 0.25) is 0 Å². The first-order chi connectivity index (χ1) is 8.49. The molecule has 2 N–H and O–H groups in total. The lowest BCUT2D eigenvalue weighted by molar-refractivity contribution is -0.138. The lowest BCUT2D eigenvalue weighted by atomic mass is 9.92. The number of likely N-dealkylation sites (tertiary alicyclic amines) is 1. The Labute approximate surface area is 106 Å². The van der Waals surface area contributed by atoms with Gasteiger partial charge in [-0.25, -0.2) is 0 Å². The van der Waals surface area contributed by atoms with Crippen molar-refractivity contribution in [2.24, 2.45) is 5.92 Å². The van der Waals surface area contributed by atoms with E-state index in [0.29, 0.717) is 6.04 Å². The van der Waals surface area contributed by atoms with E-state index in [1.54, 1.807) is 0 Å². The van der Waals surface area contributed by atoms with E-state index in [0.717, 1.165) is 24.3 Å².